The predicted molar refractivity (Wildman–Crippen MR) is 52.1 cm³/mol. The molecule has 0 unspecified atom stereocenters. The Morgan fingerprint density at radius 2 is 2.20 bits per heavy atom. The third kappa shape index (κ3) is 3.12. The second kappa shape index (κ2) is 5.19. The maximum Gasteiger partial charge on any atom is 0.272 e. The fraction of sp³-hybridized carbons (Fsp3) is 0.300. The molecule has 0 atom stereocenters. The summed E-state index contributed by atoms with van der Waals surface area (Å²) in [5.74, 6) is -0.498. The lowest BCUT2D eigenvalue weighted by atomic mass is 10.1. The molecule has 0 aliphatic rings. The first kappa shape index (κ1) is 11.3. The van der Waals surface area contributed by atoms with Crippen molar-refractivity contribution in [3.63, 3.8) is 0 Å². The minimum Gasteiger partial charge on any atom is -0.303 e. The molecule has 4 nitrogen and oxygen atoms in total. The van der Waals surface area contributed by atoms with E-state index in [0.29, 0.717) is 24.8 Å². The largest absolute Gasteiger partial charge is 0.303 e. The van der Waals surface area contributed by atoms with E-state index in [1.165, 1.54) is 0 Å². The number of nitro benzene ring substituents is 1. The number of benzene rings is 1. The standard InChI is InChI=1S/C10H10FNO3/c11-9-4-5-10(12(14)15)8(7-9)3-1-2-6-13/h4-7H,1-3H2. The van der Waals surface area contributed by atoms with E-state index in [4.69, 9.17) is 0 Å². The summed E-state index contributed by atoms with van der Waals surface area (Å²) in [7, 11) is 0. The average Bonchev–Trinajstić information content (AvgIpc) is 2.18. The Balaban J connectivity index is 2.86. The van der Waals surface area contributed by atoms with Crippen molar-refractivity contribution in [1.29, 1.82) is 0 Å². The molecular weight excluding hydrogens is 201 g/mol. The normalized spacial score (nSPS) is 9.93. The van der Waals surface area contributed by atoms with Crippen LogP contribution in [-0.2, 0) is 11.2 Å². The molecule has 0 heterocycles. The van der Waals surface area contributed by atoms with Crippen LogP contribution in [0, 0.1) is 15.9 Å². The number of rotatable bonds is 5. The number of hydrogen-bond acceptors (Lipinski definition) is 3. The molecule has 0 bridgehead atoms. The predicted octanol–water partition coefficient (Wildman–Crippen LogP) is 2.26. The van der Waals surface area contributed by atoms with Crippen LogP contribution in [0.1, 0.15) is 18.4 Å². The molecule has 0 amide bonds. The highest BCUT2D eigenvalue weighted by Crippen LogP contribution is 2.21. The second-order valence-electron chi connectivity index (χ2n) is 3.09. The molecule has 0 N–H and O–H groups in total. The van der Waals surface area contributed by atoms with Gasteiger partial charge in [-0.1, -0.05) is 0 Å². The molecule has 0 radical (unpaired) electrons. The first-order valence-electron chi connectivity index (χ1n) is 4.51. The van der Waals surface area contributed by atoms with Crippen LogP contribution in [0.2, 0.25) is 0 Å². The van der Waals surface area contributed by atoms with Crippen LogP contribution < -0.4 is 0 Å². The van der Waals surface area contributed by atoms with Gasteiger partial charge in [0.25, 0.3) is 5.69 Å². The van der Waals surface area contributed by atoms with Crippen LogP contribution in [0.15, 0.2) is 18.2 Å². The number of halogens is 1. The van der Waals surface area contributed by atoms with Crippen LogP contribution in [0.25, 0.3) is 0 Å². The van der Waals surface area contributed by atoms with E-state index in [0.717, 1.165) is 24.5 Å². The van der Waals surface area contributed by atoms with Gasteiger partial charge in [-0.25, -0.2) is 4.39 Å². The Hall–Kier alpha value is -1.78. The average molecular weight is 211 g/mol. The maximum atomic E-state index is 12.8. The van der Waals surface area contributed by atoms with E-state index in [-0.39, 0.29) is 5.69 Å². The van der Waals surface area contributed by atoms with Gasteiger partial charge in [-0.15, -0.1) is 0 Å². The Kier molecular flexibility index (Phi) is 3.91. The number of unbranched alkanes of at least 4 members (excludes halogenated alkanes) is 1. The van der Waals surface area contributed by atoms with E-state index >= 15 is 0 Å². The van der Waals surface area contributed by atoms with Gasteiger partial charge < -0.3 is 4.79 Å². The van der Waals surface area contributed by atoms with Crippen LogP contribution in [0.5, 0.6) is 0 Å². The Morgan fingerprint density at radius 3 is 2.80 bits per heavy atom. The molecule has 1 aromatic carbocycles. The third-order valence-electron chi connectivity index (χ3n) is 2.01. The molecule has 0 spiro atoms. The topological polar surface area (TPSA) is 60.2 Å². The lowest BCUT2D eigenvalue weighted by Crippen LogP contribution is -1.96. The molecule has 80 valence electrons. The van der Waals surface area contributed by atoms with Crippen molar-refractivity contribution in [2.75, 3.05) is 0 Å². The molecule has 1 aromatic rings. The van der Waals surface area contributed by atoms with Crippen LogP contribution in [0.3, 0.4) is 0 Å². The monoisotopic (exact) mass is 211 g/mol. The SMILES string of the molecule is O=CCCCc1cc(F)ccc1[N+](=O)[O-]. The van der Waals surface area contributed by atoms with Gasteiger partial charge in [0.2, 0.25) is 0 Å². The molecule has 0 saturated carbocycles. The van der Waals surface area contributed by atoms with E-state index < -0.39 is 10.7 Å². The fourth-order valence-electron chi connectivity index (χ4n) is 1.31. The lowest BCUT2D eigenvalue weighted by Gasteiger charge is -2.01. The molecule has 5 heteroatoms. The zero-order valence-corrected chi connectivity index (χ0v) is 7.98. The van der Waals surface area contributed by atoms with Gasteiger partial charge >= 0.3 is 0 Å². The molecule has 1 rings (SSSR count). The molecule has 15 heavy (non-hydrogen) atoms. The molecule has 0 fully saturated rings. The van der Waals surface area contributed by atoms with E-state index in [9.17, 15) is 19.3 Å². The molecule has 0 aromatic heterocycles. The van der Waals surface area contributed by atoms with Crippen LogP contribution in [0.4, 0.5) is 10.1 Å². The maximum absolute atomic E-state index is 12.8. The zero-order chi connectivity index (χ0) is 11.3. The summed E-state index contributed by atoms with van der Waals surface area (Å²) in [5, 5.41) is 10.6. The number of hydrogen-bond donors (Lipinski definition) is 0. The molecule has 0 aliphatic carbocycles. The first-order valence-corrected chi connectivity index (χ1v) is 4.51. The Labute approximate surface area is 85.9 Å². The summed E-state index contributed by atoms with van der Waals surface area (Å²) in [5.41, 5.74) is 0.240. The Bertz CT molecular complexity index is 379. The van der Waals surface area contributed by atoms with Crippen molar-refractivity contribution in [3.05, 3.63) is 39.7 Å². The van der Waals surface area contributed by atoms with Crippen molar-refractivity contribution >= 4 is 12.0 Å². The smallest absolute Gasteiger partial charge is 0.272 e. The fourth-order valence-corrected chi connectivity index (χ4v) is 1.31. The first-order chi connectivity index (χ1) is 7.15. The quantitative estimate of drug-likeness (QED) is 0.325. The number of nitro groups is 1. The van der Waals surface area contributed by atoms with Gasteiger partial charge in [0.1, 0.15) is 12.1 Å². The van der Waals surface area contributed by atoms with Gasteiger partial charge in [-0.05, 0) is 25.0 Å². The number of nitrogens with zero attached hydrogens (tertiary/aromatic N) is 1. The minimum absolute atomic E-state index is 0.0951. The third-order valence-corrected chi connectivity index (χ3v) is 2.01. The van der Waals surface area contributed by atoms with Crippen molar-refractivity contribution in [2.45, 2.75) is 19.3 Å². The van der Waals surface area contributed by atoms with Gasteiger partial charge in [-0.2, -0.15) is 0 Å². The summed E-state index contributed by atoms with van der Waals surface area (Å²) in [6.45, 7) is 0. The summed E-state index contributed by atoms with van der Waals surface area (Å²) < 4.78 is 12.8. The van der Waals surface area contributed by atoms with E-state index in [1.807, 2.05) is 0 Å². The van der Waals surface area contributed by atoms with Gasteiger partial charge in [-0.3, -0.25) is 10.1 Å². The van der Waals surface area contributed by atoms with Crippen LogP contribution in [-0.4, -0.2) is 11.2 Å². The lowest BCUT2D eigenvalue weighted by molar-refractivity contribution is -0.385. The molecule has 0 aliphatic heterocycles. The molecule has 0 saturated heterocycles. The number of carbonyl (C=O) groups excluding carboxylic acids is 1. The summed E-state index contributed by atoms with van der Waals surface area (Å²) in [4.78, 5) is 20.1. The van der Waals surface area contributed by atoms with Gasteiger partial charge in [0, 0.05) is 18.1 Å². The van der Waals surface area contributed by atoms with Crippen molar-refractivity contribution in [3.8, 4) is 0 Å². The van der Waals surface area contributed by atoms with Gasteiger partial charge in [0.15, 0.2) is 0 Å². The number of carbonyl (C=O) groups is 1. The highest BCUT2D eigenvalue weighted by atomic mass is 19.1. The van der Waals surface area contributed by atoms with Crippen molar-refractivity contribution < 1.29 is 14.1 Å². The molecular formula is C10H10FNO3. The second-order valence-corrected chi connectivity index (χ2v) is 3.09. The highest BCUT2D eigenvalue weighted by molar-refractivity contribution is 5.49. The van der Waals surface area contributed by atoms with E-state index in [2.05, 4.69) is 0 Å². The summed E-state index contributed by atoms with van der Waals surface area (Å²) in [6.07, 6.45) is 1.90. The Morgan fingerprint density at radius 1 is 1.47 bits per heavy atom. The number of aryl methyl sites for hydroxylation is 1. The van der Waals surface area contributed by atoms with Gasteiger partial charge in [0.05, 0.1) is 4.92 Å². The van der Waals surface area contributed by atoms with E-state index in [1.54, 1.807) is 0 Å². The van der Waals surface area contributed by atoms with Crippen LogP contribution >= 0.6 is 0 Å². The summed E-state index contributed by atoms with van der Waals surface area (Å²) >= 11 is 0. The highest BCUT2D eigenvalue weighted by Gasteiger charge is 2.13. The summed E-state index contributed by atoms with van der Waals surface area (Å²) in [6, 6.07) is 3.34. The zero-order valence-electron chi connectivity index (χ0n) is 7.98. The van der Waals surface area contributed by atoms with Crippen molar-refractivity contribution in [1.82, 2.24) is 0 Å². The number of aldehydes is 1. The minimum atomic E-state index is -0.546. The van der Waals surface area contributed by atoms with Crippen molar-refractivity contribution in [2.24, 2.45) is 0 Å².